The van der Waals surface area contributed by atoms with E-state index < -0.39 is 17.5 Å². The molecule has 2 aromatic rings. The molecule has 0 saturated heterocycles. The first-order valence-corrected chi connectivity index (χ1v) is 5.73. The standard InChI is InChI=1S/C12H8BrF3N2/c13-7-4-11(9(16)5-8(7)15)18-12-3-6(14)1-2-10(12)17/h1-5,18H,17H2. The average molecular weight is 317 g/mol. The number of hydrogen-bond donors (Lipinski definition) is 2. The molecule has 3 N–H and O–H groups in total. The van der Waals surface area contributed by atoms with Crippen LogP contribution in [0.25, 0.3) is 0 Å². The fourth-order valence-corrected chi connectivity index (χ4v) is 1.74. The van der Waals surface area contributed by atoms with Crippen molar-refractivity contribution in [3.63, 3.8) is 0 Å². The lowest BCUT2D eigenvalue weighted by molar-refractivity contribution is 0.581. The zero-order valence-corrected chi connectivity index (χ0v) is 10.6. The summed E-state index contributed by atoms with van der Waals surface area (Å²) in [5, 5.41) is 2.61. The molecule has 0 atom stereocenters. The highest BCUT2D eigenvalue weighted by Crippen LogP contribution is 2.29. The van der Waals surface area contributed by atoms with E-state index in [1.165, 1.54) is 18.2 Å². The van der Waals surface area contributed by atoms with Crippen LogP contribution in [0.4, 0.5) is 30.2 Å². The van der Waals surface area contributed by atoms with Crippen molar-refractivity contribution in [2.24, 2.45) is 0 Å². The van der Waals surface area contributed by atoms with Crippen molar-refractivity contribution < 1.29 is 13.2 Å². The molecule has 0 aromatic heterocycles. The number of hydrogen-bond acceptors (Lipinski definition) is 2. The van der Waals surface area contributed by atoms with Gasteiger partial charge in [-0.05, 0) is 40.2 Å². The van der Waals surface area contributed by atoms with E-state index in [0.29, 0.717) is 0 Å². The van der Waals surface area contributed by atoms with Crippen LogP contribution in [0.3, 0.4) is 0 Å². The van der Waals surface area contributed by atoms with Gasteiger partial charge in [0.2, 0.25) is 0 Å². The maximum absolute atomic E-state index is 13.5. The SMILES string of the molecule is Nc1ccc(F)cc1Nc1cc(Br)c(F)cc1F. The monoisotopic (exact) mass is 316 g/mol. The second-order valence-electron chi connectivity index (χ2n) is 3.60. The van der Waals surface area contributed by atoms with Gasteiger partial charge in [-0.1, -0.05) is 0 Å². The second-order valence-corrected chi connectivity index (χ2v) is 4.46. The highest BCUT2D eigenvalue weighted by molar-refractivity contribution is 9.10. The Kier molecular flexibility index (Phi) is 3.47. The lowest BCUT2D eigenvalue weighted by atomic mass is 10.2. The van der Waals surface area contributed by atoms with Crippen molar-refractivity contribution in [1.82, 2.24) is 0 Å². The molecule has 2 rings (SSSR count). The summed E-state index contributed by atoms with van der Waals surface area (Å²) in [5.41, 5.74) is 6.09. The van der Waals surface area contributed by atoms with Crippen molar-refractivity contribution in [2.75, 3.05) is 11.1 Å². The van der Waals surface area contributed by atoms with Gasteiger partial charge >= 0.3 is 0 Å². The Morgan fingerprint density at radius 2 is 1.67 bits per heavy atom. The van der Waals surface area contributed by atoms with Crippen LogP contribution in [-0.4, -0.2) is 0 Å². The molecule has 0 spiro atoms. The van der Waals surface area contributed by atoms with Crippen LogP contribution >= 0.6 is 15.9 Å². The molecule has 6 heteroatoms. The summed E-state index contributed by atoms with van der Waals surface area (Å²) in [5.74, 6) is -2.02. The summed E-state index contributed by atoms with van der Waals surface area (Å²) < 4.78 is 39.7. The van der Waals surface area contributed by atoms with Crippen LogP contribution in [0.15, 0.2) is 34.8 Å². The molecular formula is C12H8BrF3N2. The molecule has 2 aromatic carbocycles. The summed E-state index contributed by atoms with van der Waals surface area (Å²) in [6.45, 7) is 0. The van der Waals surface area contributed by atoms with Crippen molar-refractivity contribution in [2.45, 2.75) is 0 Å². The van der Waals surface area contributed by atoms with E-state index in [0.717, 1.165) is 12.1 Å². The molecule has 2 nitrogen and oxygen atoms in total. The minimum absolute atomic E-state index is 0.000532. The summed E-state index contributed by atoms with van der Waals surface area (Å²) in [6, 6.07) is 5.62. The lowest BCUT2D eigenvalue weighted by Crippen LogP contribution is -1.99. The largest absolute Gasteiger partial charge is 0.397 e. The van der Waals surface area contributed by atoms with Crippen molar-refractivity contribution in [3.8, 4) is 0 Å². The summed E-state index contributed by atoms with van der Waals surface area (Å²) >= 11 is 2.94. The van der Waals surface area contributed by atoms with E-state index in [4.69, 9.17) is 5.73 Å². The maximum atomic E-state index is 13.5. The Balaban J connectivity index is 2.40. The number of halogens is 4. The van der Waals surface area contributed by atoms with Gasteiger partial charge in [-0.2, -0.15) is 0 Å². The average Bonchev–Trinajstić information content (AvgIpc) is 2.30. The van der Waals surface area contributed by atoms with Gasteiger partial charge in [-0.3, -0.25) is 0 Å². The van der Waals surface area contributed by atoms with E-state index in [9.17, 15) is 13.2 Å². The zero-order chi connectivity index (χ0) is 13.3. The normalized spacial score (nSPS) is 10.4. The van der Waals surface area contributed by atoms with Gasteiger partial charge < -0.3 is 11.1 Å². The van der Waals surface area contributed by atoms with E-state index in [1.54, 1.807) is 0 Å². The number of benzene rings is 2. The van der Waals surface area contributed by atoms with Crippen LogP contribution in [0.5, 0.6) is 0 Å². The number of rotatable bonds is 2. The van der Waals surface area contributed by atoms with E-state index in [-0.39, 0.29) is 21.5 Å². The predicted octanol–water partition coefficient (Wildman–Crippen LogP) is 4.19. The molecule has 0 aliphatic rings. The van der Waals surface area contributed by atoms with Crippen molar-refractivity contribution >= 4 is 33.0 Å². The number of anilines is 3. The first kappa shape index (κ1) is 12.8. The molecular weight excluding hydrogens is 309 g/mol. The number of nitrogens with one attached hydrogen (secondary N) is 1. The summed E-state index contributed by atoms with van der Waals surface area (Å²) in [7, 11) is 0. The van der Waals surface area contributed by atoms with Gasteiger partial charge in [0.15, 0.2) is 0 Å². The zero-order valence-electron chi connectivity index (χ0n) is 8.98. The third-order valence-corrected chi connectivity index (χ3v) is 2.90. The van der Waals surface area contributed by atoms with Crippen LogP contribution in [-0.2, 0) is 0 Å². The minimum atomic E-state index is -0.792. The van der Waals surface area contributed by atoms with Gasteiger partial charge in [-0.25, -0.2) is 13.2 Å². The molecule has 94 valence electrons. The molecule has 0 amide bonds. The second kappa shape index (κ2) is 4.89. The Morgan fingerprint density at radius 1 is 0.944 bits per heavy atom. The van der Waals surface area contributed by atoms with Gasteiger partial charge in [0, 0.05) is 6.07 Å². The Morgan fingerprint density at radius 3 is 2.39 bits per heavy atom. The van der Waals surface area contributed by atoms with Crippen molar-refractivity contribution in [1.29, 1.82) is 0 Å². The highest BCUT2D eigenvalue weighted by Gasteiger charge is 2.10. The topological polar surface area (TPSA) is 38.0 Å². The Bertz CT molecular complexity index is 602. The molecule has 0 radical (unpaired) electrons. The van der Waals surface area contributed by atoms with Gasteiger partial charge in [0.25, 0.3) is 0 Å². The molecule has 18 heavy (non-hydrogen) atoms. The number of nitrogen functional groups attached to an aromatic ring is 1. The Labute approximate surface area is 110 Å². The van der Waals surface area contributed by atoms with Crippen molar-refractivity contribution in [3.05, 3.63) is 52.3 Å². The molecule has 0 saturated carbocycles. The first-order valence-electron chi connectivity index (χ1n) is 4.94. The maximum Gasteiger partial charge on any atom is 0.149 e. The fourth-order valence-electron chi connectivity index (χ4n) is 1.40. The molecule has 0 fully saturated rings. The van der Waals surface area contributed by atoms with E-state index in [1.807, 2.05) is 0 Å². The lowest BCUT2D eigenvalue weighted by Gasteiger charge is -2.11. The third-order valence-electron chi connectivity index (χ3n) is 2.29. The highest BCUT2D eigenvalue weighted by atomic mass is 79.9. The van der Waals surface area contributed by atoms with Crippen LogP contribution in [0.1, 0.15) is 0 Å². The summed E-state index contributed by atoms with van der Waals surface area (Å²) in [4.78, 5) is 0. The van der Waals surface area contributed by atoms with E-state index in [2.05, 4.69) is 21.2 Å². The fraction of sp³-hybridized carbons (Fsp3) is 0. The van der Waals surface area contributed by atoms with Gasteiger partial charge in [-0.15, -0.1) is 0 Å². The molecule has 0 aliphatic carbocycles. The molecule has 0 bridgehead atoms. The third kappa shape index (κ3) is 2.59. The predicted molar refractivity (Wildman–Crippen MR) is 68.2 cm³/mol. The van der Waals surface area contributed by atoms with E-state index >= 15 is 0 Å². The van der Waals surface area contributed by atoms with Crippen LogP contribution in [0.2, 0.25) is 0 Å². The molecule has 0 aliphatic heterocycles. The number of nitrogens with two attached hydrogens (primary N) is 1. The summed E-state index contributed by atoms with van der Waals surface area (Å²) in [6.07, 6.45) is 0. The van der Waals surface area contributed by atoms with Crippen LogP contribution in [0, 0.1) is 17.5 Å². The molecule has 0 heterocycles. The Hall–Kier alpha value is -1.69. The van der Waals surface area contributed by atoms with Gasteiger partial charge in [0.05, 0.1) is 21.5 Å². The first-order chi connectivity index (χ1) is 8.47. The van der Waals surface area contributed by atoms with Gasteiger partial charge in [0.1, 0.15) is 17.5 Å². The smallest absolute Gasteiger partial charge is 0.149 e. The molecule has 0 unspecified atom stereocenters. The minimum Gasteiger partial charge on any atom is -0.397 e. The van der Waals surface area contributed by atoms with Crippen LogP contribution < -0.4 is 11.1 Å². The quantitative estimate of drug-likeness (QED) is 0.644.